The fourth-order valence-electron chi connectivity index (χ4n) is 2.83. The number of rotatable bonds is 6. The number of aliphatic hydroxyl groups is 1. The Morgan fingerprint density at radius 2 is 2.00 bits per heavy atom. The standard InChI is InChI=1S/C14H26N2O2/c1-2-16(12-6-7-12)10-13(17)15-11-14(18)8-4-3-5-9-14/h12,18H,2-11H2,1H3,(H,15,17). The molecule has 0 heterocycles. The average molecular weight is 254 g/mol. The highest BCUT2D eigenvalue weighted by molar-refractivity contribution is 5.78. The van der Waals surface area contributed by atoms with Crippen LogP contribution in [0.1, 0.15) is 51.9 Å². The van der Waals surface area contributed by atoms with Gasteiger partial charge in [0.25, 0.3) is 0 Å². The summed E-state index contributed by atoms with van der Waals surface area (Å²) < 4.78 is 0. The Morgan fingerprint density at radius 3 is 2.56 bits per heavy atom. The van der Waals surface area contributed by atoms with Crippen molar-refractivity contribution in [2.24, 2.45) is 0 Å². The molecule has 0 aromatic rings. The van der Waals surface area contributed by atoms with Crippen LogP contribution in [0.25, 0.3) is 0 Å². The van der Waals surface area contributed by atoms with E-state index in [9.17, 15) is 9.90 Å². The van der Waals surface area contributed by atoms with Crippen molar-refractivity contribution in [3.8, 4) is 0 Å². The van der Waals surface area contributed by atoms with E-state index >= 15 is 0 Å². The highest BCUT2D eigenvalue weighted by atomic mass is 16.3. The largest absolute Gasteiger partial charge is 0.388 e. The third-order valence-corrected chi connectivity index (χ3v) is 4.22. The molecule has 4 nitrogen and oxygen atoms in total. The second kappa shape index (κ2) is 6.02. The smallest absolute Gasteiger partial charge is 0.234 e. The molecule has 4 heteroatoms. The Balaban J connectivity index is 1.70. The lowest BCUT2D eigenvalue weighted by Gasteiger charge is -2.32. The molecule has 0 radical (unpaired) electrons. The third-order valence-electron chi connectivity index (χ3n) is 4.22. The van der Waals surface area contributed by atoms with Crippen molar-refractivity contribution in [2.45, 2.75) is 63.5 Å². The molecule has 0 spiro atoms. The van der Waals surface area contributed by atoms with Crippen molar-refractivity contribution in [3.63, 3.8) is 0 Å². The van der Waals surface area contributed by atoms with Crippen LogP contribution in [-0.4, -0.2) is 47.2 Å². The van der Waals surface area contributed by atoms with Gasteiger partial charge in [0.2, 0.25) is 5.91 Å². The van der Waals surface area contributed by atoms with E-state index in [-0.39, 0.29) is 5.91 Å². The van der Waals surface area contributed by atoms with Crippen molar-refractivity contribution in [2.75, 3.05) is 19.6 Å². The number of likely N-dealkylation sites (N-methyl/N-ethyl adjacent to an activating group) is 1. The second-order valence-corrected chi connectivity index (χ2v) is 5.86. The molecule has 2 saturated carbocycles. The minimum atomic E-state index is -0.648. The zero-order chi connectivity index (χ0) is 13.0. The van der Waals surface area contributed by atoms with E-state index in [0.717, 1.165) is 32.2 Å². The van der Waals surface area contributed by atoms with Crippen molar-refractivity contribution in [3.05, 3.63) is 0 Å². The Bertz CT molecular complexity index is 284. The summed E-state index contributed by atoms with van der Waals surface area (Å²) in [6.45, 7) is 3.94. The van der Waals surface area contributed by atoms with Crippen LogP contribution < -0.4 is 5.32 Å². The number of carbonyl (C=O) groups is 1. The molecule has 2 rings (SSSR count). The van der Waals surface area contributed by atoms with E-state index < -0.39 is 5.60 Å². The number of nitrogens with zero attached hydrogens (tertiary/aromatic N) is 1. The number of carbonyl (C=O) groups excluding carboxylic acids is 1. The maximum Gasteiger partial charge on any atom is 0.234 e. The summed E-state index contributed by atoms with van der Waals surface area (Å²) in [5, 5.41) is 13.2. The maximum atomic E-state index is 11.9. The van der Waals surface area contributed by atoms with Gasteiger partial charge < -0.3 is 10.4 Å². The molecule has 18 heavy (non-hydrogen) atoms. The number of nitrogens with one attached hydrogen (secondary N) is 1. The lowest BCUT2D eigenvalue weighted by atomic mass is 9.85. The zero-order valence-electron chi connectivity index (χ0n) is 11.5. The molecule has 0 bridgehead atoms. The van der Waals surface area contributed by atoms with Gasteiger partial charge in [-0.25, -0.2) is 0 Å². The molecule has 2 N–H and O–H groups in total. The predicted octanol–water partition coefficient (Wildman–Crippen LogP) is 1.28. The van der Waals surface area contributed by atoms with Gasteiger partial charge in [0.05, 0.1) is 12.1 Å². The molecule has 1 amide bonds. The van der Waals surface area contributed by atoms with Crippen LogP contribution >= 0.6 is 0 Å². The summed E-state index contributed by atoms with van der Waals surface area (Å²) in [5.74, 6) is 0.0581. The van der Waals surface area contributed by atoms with E-state index in [1.54, 1.807) is 0 Å². The summed E-state index contributed by atoms with van der Waals surface area (Å²) >= 11 is 0. The summed E-state index contributed by atoms with van der Waals surface area (Å²) in [6, 6.07) is 0.624. The minimum Gasteiger partial charge on any atom is -0.388 e. The van der Waals surface area contributed by atoms with Gasteiger partial charge >= 0.3 is 0 Å². The van der Waals surface area contributed by atoms with Crippen molar-refractivity contribution < 1.29 is 9.90 Å². The van der Waals surface area contributed by atoms with Crippen LogP contribution in [-0.2, 0) is 4.79 Å². The van der Waals surface area contributed by atoms with Crippen LogP contribution in [0, 0.1) is 0 Å². The lowest BCUT2D eigenvalue weighted by molar-refractivity contribution is -0.124. The van der Waals surface area contributed by atoms with Crippen LogP contribution in [0.5, 0.6) is 0 Å². The molecular formula is C14H26N2O2. The molecule has 0 aromatic heterocycles. The Morgan fingerprint density at radius 1 is 1.33 bits per heavy atom. The summed E-state index contributed by atoms with van der Waals surface area (Å²) in [7, 11) is 0. The summed E-state index contributed by atoms with van der Waals surface area (Å²) in [4.78, 5) is 14.1. The van der Waals surface area contributed by atoms with Crippen LogP contribution in [0.2, 0.25) is 0 Å². The molecule has 0 aromatic carbocycles. The molecule has 0 unspecified atom stereocenters. The first-order valence-corrected chi connectivity index (χ1v) is 7.36. The quantitative estimate of drug-likeness (QED) is 0.751. The highest BCUT2D eigenvalue weighted by Crippen LogP contribution is 2.27. The Labute approximate surface area is 110 Å². The molecule has 104 valence electrons. The van der Waals surface area contributed by atoms with Crippen LogP contribution in [0.15, 0.2) is 0 Å². The molecule has 0 saturated heterocycles. The molecular weight excluding hydrogens is 228 g/mol. The summed E-state index contributed by atoms with van der Waals surface area (Å²) in [6.07, 6.45) is 7.48. The molecule has 2 aliphatic rings. The first-order chi connectivity index (χ1) is 8.63. The van der Waals surface area contributed by atoms with E-state index in [0.29, 0.717) is 19.1 Å². The fourth-order valence-corrected chi connectivity index (χ4v) is 2.83. The average Bonchev–Trinajstić information content (AvgIpc) is 3.19. The summed E-state index contributed by atoms with van der Waals surface area (Å²) in [5.41, 5.74) is -0.648. The SMILES string of the molecule is CCN(CC(=O)NCC1(O)CCCCC1)C1CC1. The molecule has 0 aliphatic heterocycles. The van der Waals surface area contributed by atoms with Gasteiger partial charge in [-0.2, -0.15) is 0 Å². The normalized spacial score (nSPS) is 23.1. The van der Waals surface area contributed by atoms with E-state index in [1.807, 2.05) is 0 Å². The van der Waals surface area contributed by atoms with Gasteiger partial charge in [-0.15, -0.1) is 0 Å². The Kier molecular flexibility index (Phi) is 4.62. The Hall–Kier alpha value is -0.610. The van der Waals surface area contributed by atoms with Crippen molar-refractivity contribution in [1.29, 1.82) is 0 Å². The van der Waals surface area contributed by atoms with Gasteiger partial charge in [0.15, 0.2) is 0 Å². The third kappa shape index (κ3) is 3.95. The van der Waals surface area contributed by atoms with Gasteiger partial charge in [-0.05, 0) is 32.2 Å². The topological polar surface area (TPSA) is 52.6 Å². The van der Waals surface area contributed by atoms with E-state index in [2.05, 4.69) is 17.1 Å². The van der Waals surface area contributed by atoms with E-state index in [1.165, 1.54) is 19.3 Å². The van der Waals surface area contributed by atoms with Crippen LogP contribution in [0.4, 0.5) is 0 Å². The minimum absolute atomic E-state index is 0.0581. The molecule has 0 atom stereocenters. The first kappa shape index (κ1) is 13.8. The number of hydrogen-bond donors (Lipinski definition) is 2. The molecule has 2 fully saturated rings. The number of amides is 1. The highest BCUT2D eigenvalue weighted by Gasteiger charge is 2.31. The van der Waals surface area contributed by atoms with Gasteiger partial charge in [-0.3, -0.25) is 9.69 Å². The van der Waals surface area contributed by atoms with Gasteiger partial charge in [0.1, 0.15) is 0 Å². The first-order valence-electron chi connectivity index (χ1n) is 7.36. The maximum absolute atomic E-state index is 11.9. The lowest BCUT2D eigenvalue weighted by Crippen LogP contribution is -2.47. The molecule has 2 aliphatic carbocycles. The van der Waals surface area contributed by atoms with E-state index in [4.69, 9.17) is 0 Å². The van der Waals surface area contributed by atoms with Crippen LogP contribution in [0.3, 0.4) is 0 Å². The zero-order valence-corrected chi connectivity index (χ0v) is 11.5. The van der Waals surface area contributed by atoms with Gasteiger partial charge in [0, 0.05) is 12.6 Å². The second-order valence-electron chi connectivity index (χ2n) is 5.86. The number of hydrogen-bond acceptors (Lipinski definition) is 3. The van der Waals surface area contributed by atoms with Crippen molar-refractivity contribution in [1.82, 2.24) is 10.2 Å². The monoisotopic (exact) mass is 254 g/mol. The predicted molar refractivity (Wildman–Crippen MR) is 71.3 cm³/mol. The fraction of sp³-hybridized carbons (Fsp3) is 0.929. The van der Waals surface area contributed by atoms with Crippen molar-refractivity contribution >= 4 is 5.91 Å². The van der Waals surface area contributed by atoms with Gasteiger partial charge in [-0.1, -0.05) is 26.2 Å².